The fraction of sp³-hybridized carbons (Fsp3) is 0. The number of thiophene rings is 1. The molecular weight excluding hydrogens is 705 g/mol. The Morgan fingerprint density at radius 3 is 1.66 bits per heavy atom. The molecule has 4 heterocycles. The summed E-state index contributed by atoms with van der Waals surface area (Å²) in [5.41, 5.74) is 11.2. The van der Waals surface area contributed by atoms with Gasteiger partial charge in [-0.15, -0.1) is 11.3 Å². The molecule has 13 rings (SSSR count). The first-order valence-corrected chi connectivity index (χ1v) is 19.7. The largest absolute Gasteiger partial charge is 0.456 e. The number of benzene rings is 9. The Labute approximate surface area is 323 Å². The molecule has 0 amide bonds. The molecule has 0 fully saturated rings. The van der Waals surface area contributed by atoms with Gasteiger partial charge in [0.05, 0.1) is 5.39 Å². The number of fused-ring (bicyclic) bond motifs is 13. The van der Waals surface area contributed by atoms with E-state index in [0.29, 0.717) is 0 Å². The summed E-state index contributed by atoms with van der Waals surface area (Å²) in [6, 6.07) is 60.5. The van der Waals surface area contributed by atoms with Crippen molar-refractivity contribution in [3.05, 3.63) is 170 Å². The van der Waals surface area contributed by atoms with Gasteiger partial charge in [0.1, 0.15) is 33.5 Å². The van der Waals surface area contributed by atoms with Gasteiger partial charge in [-0.25, -0.2) is 0 Å². The highest BCUT2D eigenvalue weighted by Crippen LogP contribution is 2.53. The van der Waals surface area contributed by atoms with Gasteiger partial charge in [-0.05, 0) is 63.5 Å². The fourth-order valence-corrected chi connectivity index (χ4v) is 10.6. The first kappa shape index (κ1) is 30.2. The average Bonchev–Trinajstić information content (AvgIpc) is 4.02. The highest BCUT2D eigenvalue weighted by atomic mass is 32.1. The Hall–Kier alpha value is -7.14. The van der Waals surface area contributed by atoms with Crippen LogP contribution < -0.4 is 0 Å². The van der Waals surface area contributed by atoms with Crippen molar-refractivity contribution in [1.29, 1.82) is 0 Å². The Morgan fingerprint density at radius 1 is 0.321 bits per heavy atom. The lowest BCUT2D eigenvalue weighted by molar-refractivity contribution is 0.663. The van der Waals surface area contributed by atoms with Crippen molar-refractivity contribution in [1.82, 2.24) is 0 Å². The van der Waals surface area contributed by atoms with Crippen LogP contribution in [0.5, 0.6) is 0 Å². The number of hydrogen-bond acceptors (Lipinski definition) is 4. The third-order valence-electron chi connectivity index (χ3n) is 11.7. The van der Waals surface area contributed by atoms with Crippen LogP contribution in [0.25, 0.3) is 130 Å². The lowest BCUT2D eigenvalue weighted by atomic mass is 9.86. The maximum Gasteiger partial charge on any atom is 0.147 e. The fourth-order valence-electron chi connectivity index (χ4n) is 9.31. The molecule has 13 aromatic rings. The second-order valence-electron chi connectivity index (χ2n) is 14.7. The summed E-state index contributed by atoms with van der Waals surface area (Å²) in [7, 11) is 0. The summed E-state index contributed by atoms with van der Waals surface area (Å²) in [6.07, 6.45) is 0. The van der Waals surface area contributed by atoms with Gasteiger partial charge in [0.25, 0.3) is 0 Å². The monoisotopic (exact) mass is 732 g/mol. The van der Waals surface area contributed by atoms with Crippen molar-refractivity contribution in [2.24, 2.45) is 0 Å². The van der Waals surface area contributed by atoms with Crippen LogP contribution >= 0.6 is 11.3 Å². The molecule has 0 aliphatic carbocycles. The van der Waals surface area contributed by atoms with Gasteiger partial charge in [-0.2, -0.15) is 0 Å². The Kier molecular flexibility index (Phi) is 6.04. The van der Waals surface area contributed by atoms with Crippen molar-refractivity contribution >= 4 is 109 Å². The minimum Gasteiger partial charge on any atom is -0.456 e. The van der Waals surface area contributed by atoms with Crippen molar-refractivity contribution < 1.29 is 13.3 Å². The van der Waals surface area contributed by atoms with E-state index >= 15 is 0 Å². The summed E-state index contributed by atoms with van der Waals surface area (Å²) in [5.74, 6) is 0. The first-order valence-electron chi connectivity index (χ1n) is 18.9. The molecule has 0 unspecified atom stereocenters. The lowest BCUT2D eigenvalue weighted by Crippen LogP contribution is -1.91. The molecule has 0 aliphatic heterocycles. The van der Waals surface area contributed by atoms with E-state index < -0.39 is 0 Å². The molecule has 9 aromatic carbocycles. The molecule has 0 radical (unpaired) electrons. The number of hydrogen-bond donors (Lipinski definition) is 0. The van der Waals surface area contributed by atoms with Gasteiger partial charge in [0.2, 0.25) is 0 Å². The van der Waals surface area contributed by atoms with Gasteiger partial charge in [-0.3, -0.25) is 0 Å². The van der Waals surface area contributed by atoms with Crippen LogP contribution in [0.15, 0.2) is 183 Å². The predicted octanol–water partition coefficient (Wildman–Crippen LogP) is 15.9. The van der Waals surface area contributed by atoms with Crippen LogP contribution in [0.4, 0.5) is 0 Å². The summed E-state index contributed by atoms with van der Waals surface area (Å²) in [5, 5.41) is 12.5. The first-order chi connectivity index (χ1) is 27.8. The molecule has 0 saturated heterocycles. The molecule has 0 bridgehead atoms. The van der Waals surface area contributed by atoms with Gasteiger partial charge in [0, 0.05) is 64.1 Å². The van der Waals surface area contributed by atoms with E-state index in [9.17, 15) is 0 Å². The van der Waals surface area contributed by atoms with Gasteiger partial charge >= 0.3 is 0 Å². The van der Waals surface area contributed by atoms with Crippen molar-refractivity contribution in [2.75, 3.05) is 0 Å². The van der Waals surface area contributed by atoms with E-state index in [0.717, 1.165) is 71.4 Å². The van der Waals surface area contributed by atoms with E-state index in [4.69, 9.17) is 13.3 Å². The number of rotatable bonds is 3. The molecule has 0 N–H and O–H groups in total. The average molecular weight is 733 g/mol. The second kappa shape index (κ2) is 11.2. The van der Waals surface area contributed by atoms with E-state index in [1.54, 1.807) is 0 Å². The lowest BCUT2D eigenvalue weighted by Gasteiger charge is -2.18. The molecule has 0 atom stereocenters. The normalized spacial score (nSPS) is 12.3. The SMILES string of the molecule is c1ccc(-c2c(-c3c4ccccc4c(-c4cccc5c4oc4c5ccc5oc6ccccc6c54)c4ccccc34)sc3cc4c(cc23)oc2ccccc24)cc1. The molecule has 0 aliphatic rings. The van der Waals surface area contributed by atoms with Crippen LogP contribution in [-0.2, 0) is 0 Å². The quantitative estimate of drug-likeness (QED) is 0.170. The highest BCUT2D eigenvalue weighted by molar-refractivity contribution is 7.23. The molecule has 260 valence electrons. The van der Waals surface area contributed by atoms with Crippen LogP contribution in [0.3, 0.4) is 0 Å². The molecule has 0 saturated carbocycles. The summed E-state index contributed by atoms with van der Waals surface area (Å²) in [4.78, 5) is 1.25. The van der Waals surface area contributed by atoms with E-state index in [1.165, 1.54) is 58.8 Å². The van der Waals surface area contributed by atoms with Crippen LogP contribution in [0, 0.1) is 0 Å². The minimum atomic E-state index is 0.832. The molecule has 0 spiro atoms. The van der Waals surface area contributed by atoms with Gasteiger partial charge in [-0.1, -0.05) is 133 Å². The van der Waals surface area contributed by atoms with Crippen LogP contribution in [-0.4, -0.2) is 0 Å². The van der Waals surface area contributed by atoms with Gasteiger partial charge in [0.15, 0.2) is 0 Å². The zero-order valence-electron chi connectivity index (χ0n) is 29.8. The maximum absolute atomic E-state index is 7.04. The molecular formula is C52H28O3S. The summed E-state index contributed by atoms with van der Waals surface area (Å²) < 4.78 is 21.0. The number of para-hydroxylation sites is 3. The third kappa shape index (κ3) is 4.06. The molecule has 4 aromatic heterocycles. The third-order valence-corrected chi connectivity index (χ3v) is 12.9. The van der Waals surface area contributed by atoms with Crippen LogP contribution in [0.2, 0.25) is 0 Å². The molecule has 56 heavy (non-hydrogen) atoms. The molecule has 4 heteroatoms. The Morgan fingerprint density at radius 2 is 0.911 bits per heavy atom. The van der Waals surface area contributed by atoms with Crippen molar-refractivity contribution in [3.63, 3.8) is 0 Å². The van der Waals surface area contributed by atoms with Crippen molar-refractivity contribution in [3.8, 4) is 32.7 Å². The van der Waals surface area contributed by atoms with E-state index in [2.05, 4.69) is 152 Å². The maximum atomic E-state index is 7.04. The number of furan rings is 3. The van der Waals surface area contributed by atoms with E-state index in [1.807, 2.05) is 29.5 Å². The Balaban J connectivity index is 1.14. The summed E-state index contributed by atoms with van der Waals surface area (Å²) >= 11 is 1.87. The van der Waals surface area contributed by atoms with Crippen molar-refractivity contribution in [2.45, 2.75) is 0 Å². The Bertz CT molecular complexity index is 3710. The topological polar surface area (TPSA) is 39.4 Å². The highest BCUT2D eigenvalue weighted by Gasteiger charge is 2.25. The smallest absolute Gasteiger partial charge is 0.147 e. The summed E-state index contributed by atoms with van der Waals surface area (Å²) in [6.45, 7) is 0. The van der Waals surface area contributed by atoms with Gasteiger partial charge < -0.3 is 13.3 Å². The van der Waals surface area contributed by atoms with Crippen LogP contribution in [0.1, 0.15) is 0 Å². The zero-order valence-corrected chi connectivity index (χ0v) is 30.6. The minimum absolute atomic E-state index is 0.832. The standard InChI is InChI=1S/C52H28O3S/c1-2-13-29(14-3-1)46-40-27-44-39(30-15-8-10-23-41(30)54-44)28-45(40)56-52(46)48-33-18-6-4-16-31(33)47(32-17-5-7-19-34(32)48)38-22-12-21-35-36-25-26-43-49(51(36)55-50(35)38)37-20-9-11-24-42(37)53-43/h1-28H. The zero-order chi connectivity index (χ0) is 36.5. The van der Waals surface area contributed by atoms with E-state index in [-0.39, 0.29) is 0 Å². The molecule has 3 nitrogen and oxygen atoms in total. The predicted molar refractivity (Wildman–Crippen MR) is 235 cm³/mol. The second-order valence-corrected chi connectivity index (χ2v) is 15.7.